The van der Waals surface area contributed by atoms with E-state index in [-0.39, 0.29) is 23.3 Å². The molecule has 1 unspecified atom stereocenters. The van der Waals surface area contributed by atoms with Crippen LogP contribution in [0.3, 0.4) is 0 Å². The highest BCUT2D eigenvalue weighted by Crippen LogP contribution is 2.28. The van der Waals surface area contributed by atoms with E-state index in [9.17, 15) is 9.59 Å². The van der Waals surface area contributed by atoms with Crippen molar-refractivity contribution in [2.24, 2.45) is 5.92 Å². The highest BCUT2D eigenvalue weighted by atomic mass is 32.2. The smallest absolute Gasteiger partial charge is 0.313 e. The molecule has 0 fully saturated rings. The molecule has 2 aromatic rings. The number of nitrogens with zero attached hydrogens (tertiary/aromatic N) is 2. The maximum absolute atomic E-state index is 12.7. The molecular weight excluding hydrogens is 308 g/mol. The van der Waals surface area contributed by atoms with Crippen LogP contribution in [0.4, 0.5) is 0 Å². The Balaban J connectivity index is 2.62. The first kappa shape index (κ1) is 16.0. The molecule has 5 nitrogen and oxygen atoms in total. The number of hydrogen-bond donors (Lipinski definition) is 1. The third kappa shape index (κ3) is 3.29. The fourth-order valence-electron chi connectivity index (χ4n) is 2.38. The van der Waals surface area contributed by atoms with Crippen LogP contribution in [0.1, 0.15) is 33.2 Å². The normalized spacial score (nSPS) is 13.0. The second-order valence-electron chi connectivity index (χ2n) is 5.11. The number of aromatic nitrogens is 2. The van der Waals surface area contributed by atoms with Gasteiger partial charge in [-0.25, -0.2) is 4.98 Å². The number of aliphatic carboxylic acids is 1. The molecule has 1 N–H and O–H groups in total. The zero-order valence-corrected chi connectivity index (χ0v) is 13.8. The van der Waals surface area contributed by atoms with Gasteiger partial charge in [-0.2, -0.15) is 0 Å². The summed E-state index contributed by atoms with van der Waals surface area (Å²) >= 11 is 2.48. The lowest BCUT2D eigenvalue weighted by Gasteiger charge is -2.24. The zero-order valence-electron chi connectivity index (χ0n) is 12.2. The van der Waals surface area contributed by atoms with Crippen molar-refractivity contribution in [3.63, 3.8) is 0 Å². The SMILES string of the molecule is CCC(C(C)C)n1c(SCC(=O)O)nc2ccsc2c1=O. The Labute approximate surface area is 131 Å². The van der Waals surface area contributed by atoms with Crippen molar-refractivity contribution in [1.29, 1.82) is 0 Å². The fourth-order valence-corrected chi connectivity index (χ4v) is 3.92. The van der Waals surface area contributed by atoms with Gasteiger partial charge in [-0.05, 0) is 23.8 Å². The van der Waals surface area contributed by atoms with Gasteiger partial charge in [-0.15, -0.1) is 11.3 Å². The van der Waals surface area contributed by atoms with E-state index in [0.717, 1.165) is 18.2 Å². The van der Waals surface area contributed by atoms with Crippen LogP contribution in [-0.4, -0.2) is 26.4 Å². The summed E-state index contributed by atoms with van der Waals surface area (Å²) in [5, 5.41) is 11.2. The first-order valence-corrected chi connectivity index (χ1v) is 8.66. The predicted octanol–water partition coefficient (Wildman–Crippen LogP) is 3.24. The highest BCUT2D eigenvalue weighted by Gasteiger charge is 2.22. The van der Waals surface area contributed by atoms with Crippen LogP contribution in [0.15, 0.2) is 21.4 Å². The Morgan fingerprint density at radius 1 is 1.52 bits per heavy atom. The molecule has 0 aromatic carbocycles. The largest absolute Gasteiger partial charge is 0.481 e. The van der Waals surface area contributed by atoms with Crippen LogP contribution < -0.4 is 5.56 Å². The van der Waals surface area contributed by atoms with Gasteiger partial charge in [0.15, 0.2) is 5.16 Å². The van der Waals surface area contributed by atoms with Crippen LogP contribution in [0, 0.1) is 5.92 Å². The van der Waals surface area contributed by atoms with Crippen molar-refractivity contribution in [3.8, 4) is 0 Å². The third-order valence-electron chi connectivity index (χ3n) is 3.32. The first-order chi connectivity index (χ1) is 9.95. The van der Waals surface area contributed by atoms with Crippen molar-refractivity contribution < 1.29 is 9.90 Å². The number of thioether (sulfide) groups is 1. The Kier molecular flexibility index (Phi) is 5.05. The van der Waals surface area contributed by atoms with Gasteiger partial charge in [0.1, 0.15) is 4.70 Å². The number of carbonyl (C=O) groups is 1. The van der Waals surface area contributed by atoms with E-state index >= 15 is 0 Å². The van der Waals surface area contributed by atoms with Crippen LogP contribution in [0.25, 0.3) is 10.2 Å². The lowest BCUT2D eigenvalue weighted by molar-refractivity contribution is -0.133. The molecule has 0 aliphatic heterocycles. The van der Waals surface area contributed by atoms with Crippen molar-refractivity contribution >= 4 is 39.3 Å². The number of carboxylic acids is 1. The molecule has 0 saturated carbocycles. The topological polar surface area (TPSA) is 72.2 Å². The molecule has 1 atom stereocenters. The van der Waals surface area contributed by atoms with Crippen molar-refractivity contribution in [2.45, 2.75) is 38.4 Å². The monoisotopic (exact) mass is 326 g/mol. The van der Waals surface area contributed by atoms with Crippen molar-refractivity contribution in [2.75, 3.05) is 5.75 Å². The average molecular weight is 326 g/mol. The van der Waals surface area contributed by atoms with Gasteiger partial charge in [0.25, 0.3) is 5.56 Å². The van der Waals surface area contributed by atoms with E-state index < -0.39 is 5.97 Å². The second kappa shape index (κ2) is 6.62. The lowest BCUT2D eigenvalue weighted by Crippen LogP contribution is -2.29. The van der Waals surface area contributed by atoms with Crippen molar-refractivity contribution in [3.05, 3.63) is 21.8 Å². The van der Waals surface area contributed by atoms with Gasteiger partial charge in [-0.3, -0.25) is 14.2 Å². The minimum absolute atomic E-state index is 0.0211. The predicted molar refractivity (Wildman–Crippen MR) is 86.4 cm³/mol. The summed E-state index contributed by atoms with van der Waals surface area (Å²) in [6.45, 7) is 6.15. The molecule has 0 saturated heterocycles. The standard InChI is InChI=1S/C14H18N2O3S2/c1-4-10(8(2)3)16-13(19)12-9(5-6-20-12)15-14(16)21-7-11(17)18/h5-6,8,10H,4,7H2,1-3H3,(H,17,18). The number of carboxylic acid groups (broad SMARTS) is 1. The van der Waals surface area contributed by atoms with Gasteiger partial charge in [-0.1, -0.05) is 32.5 Å². The van der Waals surface area contributed by atoms with Gasteiger partial charge >= 0.3 is 5.97 Å². The number of rotatable bonds is 6. The maximum Gasteiger partial charge on any atom is 0.313 e. The Morgan fingerprint density at radius 2 is 2.24 bits per heavy atom. The summed E-state index contributed by atoms with van der Waals surface area (Å²) in [6.07, 6.45) is 0.802. The van der Waals surface area contributed by atoms with E-state index in [1.165, 1.54) is 11.3 Å². The molecule has 0 aliphatic carbocycles. The van der Waals surface area contributed by atoms with E-state index in [1.54, 1.807) is 10.6 Å². The second-order valence-corrected chi connectivity index (χ2v) is 6.97. The van der Waals surface area contributed by atoms with Crippen LogP contribution in [0.2, 0.25) is 0 Å². The number of thiophene rings is 1. The zero-order chi connectivity index (χ0) is 15.6. The minimum Gasteiger partial charge on any atom is -0.481 e. The molecule has 2 rings (SSSR count). The lowest BCUT2D eigenvalue weighted by atomic mass is 10.0. The quantitative estimate of drug-likeness (QED) is 0.652. The maximum atomic E-state index is 12.7. The summed E-state index contributed by atoms with van der Waals surface area (Å²) in [6, 6.07) is 1.82. The Morgan fingerprint density at radius 3 is 2.81 bits per heavy atom. The van der Waals surface area contributed by atoms with Crippen LogP contribution in [0.5, 0.6) is 0 Å². The van der Waals surface area contributed by atoms with Gasteiger partial charge < -0.3 is 5.11 Å². The summed E-state index contributed by atoms with van der Waals surface area (Å²) < 4.78 is 2.31. The summed E-state index contributed by atoms with van der Waals surface area (Å²) in [4.78, 5) is 28.0. The average Bonchev–Trinajstić information content (AvgIpc) is 2.88. The molecule has 21 heavy (non-hydrogen) atoms. The van der Waals surface area contributed by atoms with E-state index in [2.05, 4.69) is 18.8 Å². The molecule has 0 spiro atoms. The third-order valence-corrected chi connectivity index (χ3v) is 5.15. The van der Waals surface area contributed by atoms with E-state index in [4.69, 9.17) is 5.11 Å². The van der Waals surface area contributed by atoms with Gasteiger partial charge in [0.2, 0.25) is 0 Å². The first-order valence-electron chi connectivity index (χ1n) is 6.80. The molecule has 0 aliphatic rings. The molecular formula is C14H18N2O3S2. The highest BCUT2D eigenvalue weighted by molar-refractivity contribution is 7.99. The molecule has 7 heteroatoms. The van der Waals surface area contributed by atoms with E-state index in [0.29, 0.717) is 15.4 Å². The summed E-state index contributed by atoms with van der Waals surface area (Å²) in [5.41, 5.74) is 0.580. The van der Waals surface area contributed by atoms with Crippen LogP contribution >= 0.6 is 23.1 Å². The number of fused-ring (bicyclic) bond motifs is 1. The molecule has 2 aromatic heterocycles. The van der Waals surface area contributed by atoms with Crippen LogP contribution in [-0.2, 0) is 4.79 Å². The molecule has 0 bridgehead atoms. The molecule has 0 radical (unpaired) electrons. The molecule has 2 heterocycles. The molecule has 0 amide bonds. The van der Waals surface area contributed by atoms with Crippen molar-refractivity contribution in [1.82, 2.24) is 9.55 Å². The summed E-state index contributed by atoms with van der Waals surface area (Å²) in [7, 11) is 0. The number of hydrogen-bond acceptors (Lipinski definition) is 5. The minimum atomic E-state index is -0.913. The molecule has 114 valence electrons. The Bertz CT molecular complexity index is 706. The summed E-state index contributed by atoms with van der Waals surface area (Å²) in [5.74, 6) is -0.740. The van der Waals surface area contributed by atoms with Gasteiger partial charge in [0.05, 0.1) is 11.3 Å². The van der Waals surface area contributed by atoms with E-state index in [1.807, 2.05) is 12.3 Å². The fraction of sp³-hybridized carbons (Fsp3) is 0.500. The van der Waals surface area contributed by atoms with Gasteiger partial charge in [0, 0.05) is 6.04 Å². The Hall–Kier alpha value is -1.34.